The van der Waals surface area contributed by atoms with E-state index in [1.165, 1.54) is 6.42 Å². The Morgan fingerprint density at radius 2 is 2.18 bits per heavy atom. The molecule has 5 heteroatoms. The number of likely N-dealkylation sites (N-methyl/N-ethyl adjacent to an activating group) is 2. The molecular formula is C12H22N4O. The lowest BCUT2D eigenvalue weighted by atomic mass is 10.2. The Kier molecular flexibility index (Phi) is 3.79. The molecule has 0 aromatic heterocycles. The molecule has 1 N–H and O–H groups in total. The number of nitrogens with one attached hydrogen (secondary N) is 1. The van der Waals surface area contributed by atoms with Crippen LogP contribution in [0.1, 0.15) is 19.8 Å². The van der Waals surface area contributed by atoms with Gasteiger partial charge in [0.15, 0.2) is 0 Å². The van der Waals surface area contributed by atoms with Crippen LogP contribution in [0, 0.1) is 0 Å². The topological polar surface area (TPSA) is 47.9 Å². The average molecular weight is 238 g/mol. The van der Waals surface area contributed by atoms with Gasteiger partial charge in [-0.05, 0) is 40.0 Å². The fourth-order valence-corrected chi connectivity index (χ4v) is 2.48. The maximum atomic E-state index is 11.7. The highest BCUT2D eigenvalue weighted by Crippen LogP contribution is 2.13. The first-order valence-corrected chi connectivity index (χ1v) is 6.39. The first-order valence-electron chi connectivity index (χ1n) is 6.39. The van der Waals surface area contributed by atoms with Crippen LogP contribution < -0.4 is 5.32 Å². The van der Waals surface area contributed by atoms with Crippen molar-refractivity contribution in [2.45, 2.75) is 31.8 Å². The summed E-state index contributed by atoms with van der Waals surface area (Å²) in [7, 11) is 4.23. The molecule has 1 amide bonds. The fraction of sp³-hybridized carbons (Fsp3) is 0.833. The average Bonchev–Trinajstić information content (AvgIpc) is 2.58. The Bertz CT molecular complexity index is 328. The zero-order chi connectivity index (χ0) is 12.4. The molecule has 2 rings (SSSR count). The highest BCUT2D eigenvalue weighted by Gasteiger charge is 2.32. The molecule has 1 saturated heterocycles. The molecule has 0 bridgehead atoms. The van der Waals surface area contributed by atoms with Crippen LogP contribution in [0.15, 0.2) is 4.99 Å². The monoisotopic (exact) mass is 238 g/mol. The summed E-state index contributed by atoms with van der Waals surface area (Å²) in [6.07, 6.45) is 1.95. The standard InChI is InChI=1S/C12H22N4O/c1-4-9-12(17)14-11(13-9)10-8-15(2)6-5-7-16(10)3/h9-10H,4-8H2,1-3H3,(H,13,14,17). The minimum absolute atomic E-state index is 0.0581. The smallest absolute Gasteiger partial charge is 0.250 e. The number of amidine groups is 1. The van der Waals surface area contributed by atoms with Crippen molar-refractivity contribution in [3.8, 4) is 0 Å². The molecule has 17 heavy (non-hydrogen) atoms. The van der Waals surface area contributed by atoms with Crippen LogP contribution in [0.25, 0.3) is 0 Å². The van der Waals surface area contributed by atoms with Crippen LogP contribution in [0.3, 0.4) is 0 Å². The molecule has 96 valence electrons. The minimum atomic E-state index is -0.174. The molecule has 0 aliphatic carbocycles. The highest BCUT2D eigenvalue weighted by atomic mass is 16.2. The van der Waals surface area contributed by atoms with Gasteiger partial charge < -0.3 is 10.2 Å². The van der Waals surface area contributed by atoms with Crippen LogP contribution in [0.2, 0.25) is 0 Å². The van der Waals surface area contributed by atoms with Crippen molar-refractivity contribution in [3.63, 3.8) is 0 Å². The van der Waals surface area contributed by atoms with Gasteiger partial charge in [0.2, 0.25) is 5.91 Å². The summed E-state index contributed by atoms with van der Waals surface area (Å²) in [5.74, 6) is 0.918. The first kappa shape index (κ1) is 12.5. The van der Waals surface area contributed by atoms with E-state index in [0.717, 1.165) is 31.9 Å². The van der Waals surface area contributed by atoms with Gasteiger partial charge in [-0.15, -0.1) is 0 Å². The van der Waals surface area contributed by atoms with Crippen molar-refractivity contribution < 1.29 is 4.79 Å². The van der Waals surface area contributed by atoms with Gasteiger partial charge in [0.25, 0.3) is 0 Å². The largest absolute Gasteiger partial charge is 0.311 e. The molecule has 2 atom stereocenters. The molecule has 2 aliphatic rings. The van der Waals surface area contributed by atoms with Crippen molar-refractivity contribution in [2.24, 2.45) is 4.99 Å². The number of rotatable bonds is 2. The second-order valence-corrected chi connectivity index (χ2v) is 5.04. The third-order valence-corrected chi connectivity index (χ3v) is 3.62. The molecule has 0 saturated carbocycles. The summed E-state index contributed by atoms with van der Waals surface area (Å²) in [4.78, 5) is 20.8. The van der Waals surface area contributed by atoms with Crippen LogP contribution >= 0.6 is 0 Å². The molecule has 5 nitrogen and oxygen atoms in total. The van der Waals surface area contributed by atoms with Gasteiger partial charge in [-0.1, -0.05) is 6.92 Å². The lowest BCUT2D eigenvalue weighted by Crippen LogP contribution is -2.48. The first-order chi connectivity index (χ1) is 8.11. The summed E-state index contributed by atoms with van der Waals surface area (Å²) in [5, 5.41) is 2.95. The second-order valence-electron chi connectivity index (χ2n) is 5.04. The van der Waals surface area contributed by atoms with Gasteiger partial charge in [0.05, 0.1) is 6.04 Å². The van der Waals surface area contributed by atoms with E-state index in [9.17, 15) is 4.79 Å². The van der Waals surface area contributed by atoms with Crippen molar-refractivity contribution in [1.82, 2.24) is 15.1 Å². The van der Waals surface area contributed by atoms with Crippen LogP contribution in [-0.2, 0) is 4.79 Å². The van der Waals surface area contributed by atoms with E-state index in [-0.39, 0.29) is 18.0 Å². The Morgan fingerprint density at radius 3 is 2.82 bits per heavy atom. The maximum absolute atomic E-state index is 11.7. The van der Waals surface area contributed by atoms with Gasteiger partial charge in [0, 0.05) is 6.54 Å². The zero-order valence-electron chi connectivity index (χ0n) is 10.9. The normalized spacial score (nSPS) is 32.2. The van der Waals surface area contributed by atoms with Crippen molar-refractivity contribution in [3.05, 3.63) is 0 Å². The van der Waals surface area contributed by atoms with E-state index in [0.29, 0.717) is 0 Å². The fourth-order valence-electron chi connectivity index (χ4n) is 2.48. The predicted molar refractivity (Wildman–Crippen MR) is 68.2 cm³/mol. The van der Waals surface area contributed by atoms with Crippen molar-refractivity contribution >= 4 is 11.7 Å². The zero-order valence-corrected chi connectivity index (χ0v) is 10.9. The SMILES string of the molecule is CCC1N=C(C2CN(C)CCCN2C)NC1=O. The van der Waals surface area contributed by atoms with Crippen molar-refractivity contribution in [1.29, 1.82) is 0 Å². The third kappa shape index (κ3) is 2.66. The van der Waals surface area contributed by atoms with E-state index in [1.807, 2.05) is 6.92 Å². The molecule has 2 heterocycles. The number of carbonyl (C=O) groups is 1. The van der Waals surface area contributed by atoms with Gasteiger partial charge >= 0.3 is 0 Å². The number of nitrogens with zero attached hydrogens (tertiary/aromatic N) is 3. The van der Waals surface area contributed by atoms with E-state index in [4.69, 9.17) is 0 Å². The highest BCUT2D eigenvalue weighted by molar-refractivity contribution is 6.08. The van der Waals surface area contributed by atoms with Gasteiger partial charge in [-0.3, -0.25) is 14.7 Å². The van der Waals surface area contributed by atoms with Crippen molar-refractivity contribution in [2.75, 3.05) is 33.7 Å². The lowest BCUT2D eigenvalue weighted by molar-refractivity contribution is -0.120. The number of amides is 1. The number of aliphatic imine (C=N–C) groups is 1. The Balaban J connectivity index is 2.12. The molecule has 0 aromatic rings. The molecule has 2 unspecified atom stereocenters. The Morgan fingerprint density at radius 1 is 1.41 bits per heavy atom. The maximum Gasteiger partial charge on any atom is 0.250 e. The summed E-state index contributed by atoms with van der Waals surface area (Å²) >= 11 is 0. The third-order valence-electron chi connectivity index (χ3n) is 3.62. The van der Waals surface area contributed by atoms with Gasteiger partial charge in [-0.25, -0.2) is 0 Å². The Labute approximate surface area is 103 Å². The summed E-state index contributed by atoms with van der Waals surface area (Å²) < 4.78 is 0. The van der Waals surface area contributed by atoms with E-state index < -0.39 is 0 Å². The summed E-state index contributed by atoms with van der Waals surface area (Å²) in [6.45, 7) is 5.10. The number of carbonyl (C=O) groups excluding carboxylic acids is 1. The van der Waals surface area contributed by atoms with E-state index >= 15 is 0 Å². The van der Waals surface area contributed by atoms with Crippen LogP contribution in [-0.4, -0.2) is 67.4 Å². The van der Waals surface area contributed by atoms with Crippen LogP contribution in [0.4, 0.5) is 0 Å². The number of hydrogen-bond donors (Lipinski definition) is 1. The molecule has 0 radical (unpaired) electrons. The second kappa shape index (κ2) is 5.14. The number of hydrogen-bond acceptors (Lipinski definition) is 4. The van der Waals surface area contributed by atoms with Gasteiger partial charge in [0.1, 0.15) is 11.9 Å². The van der Waals surface area contributed by atoms with Gasteiger partial charge in [-0.2, -0.15) is 0 Å². The molecule has 2 aliphatic heterocycles. The minimum Gasteiger partial charge on any atom is -0.311 e. The summed E-state index contributed by atoms with van der Waals surface area (Å²) in [6, 6.07) is 0.0509. The van der Waals surface area contributed by atoms with Crippen LogP contribution in [0.5, 0.6) is 0 Å². The summed E-state index contributed by atoms with van der Waals surface area (Å²) in [5.41, 5.74) is 0. The predicted octanol–water partition coefficient (Wildman–Crippen LogP) is -0.0708. The lowest BCUT2D eigenvalue weighted by Gasteiger charge is -2.27. The van der Waals surface area contributed by atoms with E-state index in [1.54, 1.807) is 0 Å². The molecule has 1 fully saturated rings. The van der Waals surface area contributed by atoms with E-state index in [2.05, 4.69) is 34.2 Å². The molecular weight excluding hydrogens is 216 g/mol. The molecule has 0 aromatic carbocycles. The molecule has 0 spiro atoms. The Hall–Kier alpha value is -0.940. The quantitative estimate of drug-likeness (QED) is 0.732.